The molecule has 33 heavy (non-hydrogen) atoms. The van der Waals surface area contributed by atoms with E-state index in [0.717, 1.165) is 28.0 Å². The van der Waals surface area contributed by atoms with Crippen molar-refractivity contribution in [3.63, 3.8) is 0 Å². The summed E-state index contributed by atoms with van der Waals surface area (Å²) in [6.07, 6.45) is 1.76. The molecule has 0 saturated carbocycles. The van der Waals surface area contributed by atoms with E-state index in [2.05, 4.69) is 34.2 Å². The average molecular weight is 431 g/mol. The van der Waals surface area contributed by atoms with E-state index in [1.807, 2.05) is 91.9 Å². The Morgan fingerprint density at radius 2 is 1.18 bits per heavy atom. The molecular weight excluding hydrogens is 408 g/mol. The summed E-state index contributed by atoms with van der Waals surface area (Å²) < 4.78 is 11.2. The maximum atomic E-state index is 5.74. The van der Waals surface area contributed by atoms with Crippen LogP contribution in [0.25, 0.3) is 45.0 Å². The fourth-order valence-corrected chi connectivity index (χ4v) is 3.58. The van der Waals surface area contributed by atoms with Crippen molar-refractivity contribution in [2.45, 2.75) is 6.92 Å². The molecular formula is C29H22N2O2. The Kier molecular flexibility index (Phi) is 5.81. The van der Waals surface area contributed by atoms with Crippen molar-refractivity contribution >= 4 is 11.1 Å². The number of benzene rings is 4. The lowest BCUT2D eigenvalue weighted by Gasteiger charge is -1.99. The maximum absolute atomic E-state index is 5.74. The standard InChI is InChI=1S/C15H11NO.C14H11NO/c1-3-7-12(8-4-1)14-11-16-15(17-14)13-9-5-2-6-10-13;1-10-15-13-9-12(7-8-14(13)16-10)11-5-3-2-4-6-11/h1-11H;2-9H,1H3. The highest BCUT2D eigenvalue weighted by atomic mass is 16.4. The van der Waals surface area contributed by atoms with E-state index >= 15 is 0 Å². The highest BCUT2D eigenvalue weighted by Gasteiger charge is 2.07. The zero-order valence-electron chi connectivity index (χ0n) is 18.2. The van der Waals surface area contributed by atoms with Gasteiger partial charge in [0, 0.05) is 18.1 Å². The van der Waals surface area contributed by atoms with Gasteiger partial charge in [0.25, 0.3) is 0 Å². The van der Waals surface area contributed by atoms with Gasteiger partial charge in [-0.2, -0.15) is 0 Å². The van der Waals surface area contributed by atoms with Gasteiger partial charge < -0.3 is 8.83 Å². The summed E-state index contributed by atoms with van der Waals surface area (Å²) in [6, 6.07) is 36.2. The van der Waals surface area contributed by atoms with Gasteiger partial charge in [0.1, 0.15) is 5.52 Å². The lowest BCUT2D eigenvalue weighted by atomic mass is 10.1. The Balaban J connectivity index is 0.000000139. The van der Waals surface area contributed by atoms with Crippen molar-refractivity contribution in [3.05, 3.63) is 121 Å². The maximum Gasteiger partial charge on any atom is 0.226 e. The van der Waals surface area contributed by atoms with Crippen LogP contribution in [0.2, 0.25) is 0 Å². The average Bonchev–Trinajstić information content (AvgIpc) is 3.52. The first-order valence-corrected chi connectivity index (χ1v) is 10.8. The van der Waals surface area contributed by atoms with Crippen molar-refractivity contribution in [2.75, 3.05) is 0 Å². The number of hydrogen-bond acceptors (Lipinski definition) is 4. The van der Waals surface area contributed by atoms with Gasteiger partial charge in [-0.3, -0.25) is 0 Å². The molecule has 0 amide bonds. The van der Waals surface area contributed by atoms with E-state index in [1.54, 1.807) is 6.20 Å². The summed E-state index contributed by atoms with van der Waals surface area (Å²) in [7, 11) is 0. The zero-order chi connectivity index (χ0) is 22.5. The molecule has 4 heteroatoms. The van der Waals surface area contributed by atoms with Crippen LogP contribution in [0.3, 0.4) is 0 Å². The zero-order valence-corrected chi connectivity index (χ0v) is 18.2. The van der Waals surface area contributed by atoms with Crippen LogP contribution in [-0.2, 0) is 0 Å². The van der Waals surface area contributed by atoms with Crippen LogP contribution in [0.5, 0.6) is 0 Å². The predicted molar refractivity (Wildman–Crippen MR) is 132 cm³/mol. The number of aromatic nitrogens is 2. The van der Waals surface area contributed by atoms with Crippen molar-refractivity contribution < 1.29 is 8.83 Å². The summed E-state index contributed by atoms with van der Waals surface area (Å²) in [5, 5.41) is 0. The van der Waals surface area contributed by atoms with E-state index in [9.17, 15) is 0 Å². The molecule has 6 rings (SSSR count). The molecule has 0 saturated heterocycles. The lowest BCUT2D eigenvalue weighted by molar-refractivity contribution is 0.561. The molecule has 2 heterocycles. The molecule has 0 fully saturated rings. The normalized spacial score (nSPS) is 10.6. The van der Waals surface area contributed by atoms with E-state index in [1.165, 1.54) is 11.1 Å². The van der Waals surface area contributed by atoms with Crippen molar-refractivity contribution in [3.8, 4) is 33.9 Å². The van der Waals surface area contributed by atoms with Crippen LogP contribution < -0.4 is 0 Å². The van der Waals surface area contributed by atoms with E-state index < -0.39 is 0 Å². The molecule has 0 aliphatic rings. The lowest BCUT2D eigenvalue weighted by Crippen LogP contribution is -1.77. The summed E-state index contributed by atoms with van der Waals surface area (Å²) in [4.78, 5) is 8.63. The largest absolute Gasteiger partial charge is 0.441 e. The van der Waals surface area contributed by atoms with Crippen LogP contribution in [0, 0.1) is 6.92 Å². The second-order valence-corrected chi connectivity index (χ2v) is 7.54. The minimum atomic E-state index is 0.657. The minimum Gasteiger partial charge on any atom is -0.441 e. The molecule has 0 radical (unpaired) electrons. The number of fused-ring (bicyclic) bond motifs is 1. The van der Waals surface area contributed by atoms with Gasteiger partial charge in [0.2, 0.25) is 5.89 Å². The predicted octanol–water partition coefficient (Wildman–Crippen LogP) is 7.81. The van der Waals surface area contributed by atoms with Crippen LogP contribution in [0.4, 0.5) is 0 Å². The Morgan fingerprint density at radius 3 is 1.85 bits per heavy atom. The van der Waals surface area contributed by atoms with Crippen molar-refractivity contribution in [2.24, 2.45) is 0 Å². The quantitative estimate of drug-likeness (QED) is 0.287. The molecule has 0 spiro atoms. The van der Waals surface area contributed by atoms with E-state index in [-0.39, 0.29) is 0 Å². The summed E-state index contributed by atoms with van der Waals surface area (Å²) in [5.41, 5.74) is 6.17. The highest BCUT2D eigenvalue weighted by Crippen LogP contribution is 2.26. The molecule has 0 atom stereocenters. The van der Waals surface area contributed by atoms with E-state index in [0.29, 0.717) is 11.8 Å². The Morgan fingerprint density at radius 1 is 0.576 bits per heavy atom. The fraction of sp³-hybridized carbons (Fsp3) is 0.0345. The minimum absolute atomic E-state index is 0.657. The van der Waals surface area contributed by atoms with Gasteiger partial charge >= 0.3 is 0 Å². The summed E-state index contributed by atoms with van der Waals surface area (Å²) in [5.74, 6) is 2.16. The van der Waals surface area contributed by atoms with Crippen molar-refractivity contribution in [1.82, 2.24) is 9.97 Å². The topological polar surface area (TPSA) is 52.1 Å². The van der Waals surface area contributed by atoms with Gasteiger partial charge in [-0.25, -0.2) is 9.97 Å². The van der Waals surface area contributed by atoms with Gasteiger partial charge in [0.05, 0.1) is 6.20 Å². The van der Waals surface area contributed by atoms with Crippen LogP contribution in [0.1, 0.15) is 5.89 Å². The molecule has 4 aromatic carbocycles. The third kappa shape index (κ3) is 4.75. The Hall–Kier alpha value is -4.44. The highest BCUT2D eigenvalue weighted by molar-refractivity contribution is 5.80. The number of rotatable bonds is 3. The molecule has 0 aliphatic carbocycles. The first-order valence-electron chi connectivity index (χ1n) is 10.8. The summed E-state index contributed by atoms with van der Waals surface area (Å²) in [6.45, 7) is 1.86. The number of hydrogen-bond donors (Lipinski definition) is 0. The molecule has 0 bridgehead atoms. The third-order valence-corrected chi connectivity index (χ3v) is 5.19. The molecule has 160 valence electrons. The van der Waals surface area contributed by atoms with Gasteiger partial charge in [-0.15, -0.1) is 0 Å². The Labute approximate surface area is 192 Å². The van der Waals surface area contributed by atoms with Crippen molar-refractivity contribution in [1.29, 1.82) is 0 Å². The van der Waals surface area contributed by atoms with Gasteiger partial charge in [-0.05, 0) is 35.4 Å². The van der Waals surface area contributed by atoms with Gasteiger partial charge in [-0.1, -0.05) is 84.9 Å². The molecule has 0 N–H and O–H groups in total. The third-order valence-electron chi connectivity index (χ3n) is 5.19. The molecule has 6 aromatic rings. The molecule has 4 nitrogen and oxygen atoms in total. The molecule has 2 aromatic heterocycles. The molecule has 0 aliphatic heterocycles. The molecule has 0 unspecified atom stereocenters. The first-order chi connectivity index (χ1) is 16.3. The smallest absolute Gasteiger partial charge is 0.226 e. The second kappa shape index (κ2) is 9.37. The fourth-order valence-electron chi connectivity index (χ4n) is 3.58. The van der Waals surface area contributed by atoms with E-state index in [4.69, 9.17) is 8.83 Å². The second-order valence-electron chi connectivity index (χ2n) is 7.54. The monoisotopic (exact) mass is 430 g/mol. The number of aryl methyl sites for hydroxylation is 1. The van der Waals surface area contributed by atoms with Gasteiger partial charge in [0.15, 0.2) is 17.2 Å². The van der Waals surface area contributed by atoms with Crippen LogP contribution in [0.15, 0.2) is 124 Å². The number of oxazole rings is 2. The Bertz CT molecular complexity index is 1400. The SMILES string of the molecule is Cc1nc2cc(-c3ccccc3)ccc2o1.c1ccc(-c2cnc(-c3ccccc3)o2)cc1. The summed E-state index contributed by atoms with van der Waals surface area (Å²) >= 11 is 0. The number of nitrogens with zero attached hydrogens (tertiary/aromatic N) is 2. The van der Waals surface area contributed by atoms with Crippen LogP contribution >= 0.6 is 0 Å². The van der Waals surface area contributed by atoms with Crippen LogP contribution in [-0.4, -0.2) is 9.97 Å². The first kappa shape index (κ1) is 20.5.